The lowest BCUT2D eigenvalue weighted by Crippen LogP contribution is -2.10. The summed E-state index contributed by atoms with van der Waals surface area (Å²) in [7, 11) is 0. The van der Waals surface area contributed by atoms with Crippen molar-refractivity contribution in [3.05, 3.63) is 35.7 Å². The van der Waals surface area contributed by atoms with Crippen molar-refractivity contribution in [2.45, 2.75) is 31.9 Å². The molecule has 0 radical (unpaired) electrons. The molecule has 0 amide bonds. The molecule has 1 heterocycles. The standard InChI is InChI=1S/C14H18N4OS/c1-14(2,3)10-6-4-9(5-7-10)12-17-11(19-18-12)8-20-13(15)16/h4-7H,8H2,1-3H3,(H3,15,16). The van der Waals surface area contributed by atoms with Crippen LogP contribution in [0.25, 0.3) is 11.4 Å². The molecule has 1 aromatic heterocycles. The van der Waals surface area contributed by atoms with Gasteiger partial charge in [-0.3, -0.25) is 5.41 Å². The maximum Gasteiger partial charge on any atom is 0.237 e. The van der Waals surface area contributed by atoms with E-state index < -0.39 is 0 Å². The maximum absolute atomic E-state index is 7.15. The van der Waals surface area contributed by atoms with Crippen LogP contribution >= 0.6 is 11.8 Å². The summed E-state index contributed by atoms with van der Waals surface area (Å²) in [5.41, 5.74) is 7.57. The van der Waals surface area contributed by atoms with Crippen molar-refractivity contribution in [1.82, 2.24) is 10.1 Å². The fraction of sp³-hybridized carbons (Fsp3) is 0.357. The summed E-state index contributed by atoms with van der Waals surface area (Å²) >= 11 is 1.16. The molecule has 5 nitrogen and oxygen atoms in total. The number of thioether (sulfide) groups is 1. The predicted molar refractivity (Wildman–Crippen MR) is 81.6 cm³/mol. The van der Waals surface area contributed by atoms with Crippen LogP contribution < -0.4 is 5.73 Å². The average molecular weight is 290 g/mol. The lowest BCUT2D eigenvalue weighted by molar-refractivity contribution is 0.392. The van der Waals surface area contributed by atoms with Crippen LogP contribution in [-0.4, -0.2) is 15.3 Å². The molecule has 0 unspecified atom stereocenters. The zero-order valence-electron chi connectivity index (χ0n) is 11.8. The van der Waals surface area contributed by atoms with Crippen molar-refractivity contribution in [2.75, 3.05) is 0 Å². The maximum atomic E-state index is 7.15. The Morgan fingerprint density at radius 2 is 1.95 bits per heavy atom. The van der Waals surface area contributed by atoms with E-state index in [0.29, 0.717) is 17.5 Å². The minimum absolute atomic E-state index is 0.0410. The van der Waals surface area contributed by atoms with Crippen molar-refractivity contribution in [1.29, 1.82) is 5.41 Å². The van der Waals surface area contributed by atoms with E-state index in [9.17, 15) is 0 Å². The Balaban J connectivity index is 2.14. The zero-order chi connectivity index (χ0) is 14.8. The van der Waals surface area contributed by atoms with E-state index in [0.717, 1.165) is 17.3 Å². The van der Waals surface area contributed by atoms with Crippen molar-refractivity contribution in [3.63, 3.8) is 0 Å². The van der Waals surface area contributed by atoms with Crippen molar-refractivity contribution in [3.8, 4) is 11.4 Å². The topological polar surface area (TPSA) is 88.8 Å². The molecular weight excluding hydrogens is 272 g/mol. The summed E-state index contributed by atoms with van der Waals surface area (Å²) in [6.07, 6.45) is 0. The van der Waals surface area contributed by atoms with Gasteiger partial charge in [0.05, 0.1) is 5.75 Å². The number of hydrogen-bond acceptors (Lipinski definition) is 5. The van der Waals surface area contributed by atoms with E-state index in [1.165, 1.54) is 5.56 Å². The lowest BCUT2D eigenvalue weighted by atomic mass is 9.87. The Kier molecular flexibility index (Phi) is 4.13. The van der Waals surface area contributed by atoms with Gasteiger partial charge < -0.3 is 10.3 Å². The molecule has 0 saturated carbocycles. The largest absolute Gasteiger partial charge is 0.379 e. The third-order valence-corrected chi connectivity index (χ3v) is 3.53. The number of benzene rings is 1. The van der Waals surface area contributed by atoms with Crippen LogP contribution in [0.15, 0.2) is 28.8 Å². The van der Waals surface area contributed by atoms with E-state index in [1.54, 1.807) is 0 Å². The van der Waals surface area contributed by atoms with E-state index >= 15 is 0 Å². The summed E-state index contributed by atoms with van der Waals surface area (Å²) < 4.78 is 5.13. The van der Waals surface area contributed by atoms with Gasteiger partial charge in [-0.05, 0) is 11.0 Å². The van der Waals surface area contributed by atoms with Crippen LogP contribution in [0.5, 0.6) is 0 Å². The first-order chi connectivity index (χ1) is 9.36. The Morgan fingerprint density at radius 1 is 1.30 bits per heavy atom. The van der Waals surface area contributed by atoms with Crippen LogP contribution in [0, 0.1) is 5.41 Å². The molecule has 0 aliphatic rings. The second-order valence-corrected chi connectivity index (χ2v) is 6.51. The predicted octanol–water partition coefficient (Wildman–Crippen LogP) is 3.16. The van der Waals surface area contributed by atoms with Crippen molar-refractivity contribution >= 4 is 16.9 Å². The highest BCUT2D eigenvalue weighted by Crippen LogP contribution is 2.25. The zero-order valence-corrected chi connectivity index (χ0v) is 12.6. The SMILES string of the molecule is CC(C)(C)c1ccc(-c2noc(CSC(=N)N)n2)cc1. The van der Waals surface area contributed by atoms with Crippen LogP contribution in [0.3, 0.4) is 0 Å². The Labute approximate surface area is 122 Å². The molecule has 6 heteroatoms. The molecule has 0 fully saturated rings. The lowest BCUT2D eigenvalue weighted by Gasteiger charge is -2.18. The van der Waals surface area contributed by atoms with Crippen LogP contribution in [-0.2, 0) is 11.2 Å². The average Bonchev–Trinajstić information content (AvgIpc) is 2.84. The summed E-state index contributed by atoms with van der Waals surface area (Å²) in [4.78, 5) is 4.29. The van der Waals surface area contributed by atoms with Gasteiger partial charge >= 0.3 is 0 Å². The van der Waals surface area contributed by atoms with Gasteiger partial charge in [-0.1, -0.05) is 62.0 Å². The van der Waals surface area contributed by atoms with Crippen molar-refractivity contribution < 1.29 is 4.52 Å². The molecule has 0 bridgehead atoms. The number of nitrogens with one attached hydrogen (secondary N) is 1. The number of nitrogens with zero attached hydrogens (tertiary/aromatic N) is 2. The molecule has 0 aliphatic carbocycles. The highest BCUT2D eigenvalue weighted by molar-refractivity contribution is 8.12. The molecule has 0 atom stereocenters. The second kappa shape index (κ2) is 5.66. The summed E-state index contributed by atoms with van der Waals surface area (Å²) in [5, 5.41) is 11.1. The normalized spacial score (nSPS) is 11.6. The Hall–Kier alpha value is -1.82. The molecule has 0 spiro atoms. The van der Waals surface area contributed by atoms with Gasteiger partial charge in [-0.15, -0.1) is 0 Å². The highest BCUT2D eigenvalue weighted by Gasteiger charge is 2.14. The summed E-state index contributed by atoms with van der Waals surface area (Å²) in [6.45, 7) is 6.52. The molecule has 106 valence electrons. The third kappa shape index (κ3) is 3.60. The number of hydrogen-bond donors (Lipinski definition) is 2. The van der Waals surface area contributed by atoms with Gasteiger partial charge in [0, 0.05) is 5.56 Å². The highest BCUT2D eigenvalue weighted by atomic mass is 32.2. The molecule has 2 rings (SSSR count). The second-order valence-electron chi connectivity index (χ2n) is 5.49. The first kappa shape index (κ1) is 14.6. The van der Waals surface area contributed by atoms with Gasteiger partial charge in [0.1, 0.15) is 0 Å². The quantitative estimate of drug-likeness (QED) is 0.669. The number of nitrogens with two attached hydrogens (primary N) is 1. The summed E-state index contributed by atoms with van der Waals surface area (Å²) in [6, 6.07) is 8.14. The monoisotopic (exact) mass is 290 g/mol. The van der Waals surface area contributed by atoms with Gasteiger partial charge in [0.25, 0.3) is 0 Å². The fourth-order valence-corrected chi connectivity index (χ4v) is 2.09. The molecule has 0 aliphatic heterocycles. The Bertz CT molecular complexity index is 598. The molecule has 0 saturated heterocycles. The van der Waals surface area contributed by atoms with E-state index in [-0.39, 0.29) is 10.6 Å². The summed E-state index contributed by atoms with van der Waals surface area (Å²) in [5.74, 6) is 1.45. The van der Waals surface area contributed by atoms with Gasteiger partial charge in [-0.25, -0.2) is 0 Å². The number of aromatic nitrogens is 2. The molecule has 20 heavy (non-hydrogen) atoms. The molecule has 2 aromatic rings. The van der Waals surface area contributed by atoms with Crippen LogP contribution in [0.1, 0.15) is 32.2 Å². The van der Waals surface area contributed by atoms with Gasteiger partial charge in [0.15, 0.2) is 5.17 Å². The fourth-order valence-electron chi connectivity index (χ4n) is 1.69. The third-order valence-electron chi connectivity index (χ3n) is 2.83. The first-order valence-electron chi connectivity index (χ1n) is 6.26. The van der Waals surface area contributed by atoms with E-state index in [4.69, 9.17) is 15.7 Å². The number of amidine groups is 1. The molecule has 3 N–H and O–H groups in total. The van der Waals surface area contributed by atoms with Gasteiger partial charge in [-0.2, -0.15) is 4.98 Å². The molecule has 1 aromatic carbocycles. The van der Waals surface area contributed by atoms with E-state index in [2.05, 4.69) is 43.0 Å². The van der Waals surface area contributed by atoms with E-state index in [1.807, 2.05) is 12.1 Å². The van der Waals surface area contributed by atoms with Crippen LogP contribution in [0.2, 0.25) is 0 Å². The Morgan fingerprint density at radius 3 is 2.50 bits per heavy atom. The van der Waals surface area contributed by atoms with Crippen molar-refractivity contribution in [2.24, 2.45) is 5.73 Å². The first-order valence-corrected chi connectivity index (χ1v) is 7.25. The minimum Gasteiger partial charge on any atom is -0.379 e. The molecular formula is C14H18N4OS. The number of rotatable bonds is 3. The minimum atomic E-state index is 0.0410. The van der Waals surface area contributed by atoms with Gasteiger partial charge in [0.2, 0.25) is 11.7 Å². The van der Waals surface area contributed by atoms with Crippen LogP contribution in [0.4, 0.5) is 0 Å². The smallest absolute Gasteiger partial charge is 0.237 e.